The van der Waals surface area contributed by atoms with Gasteiger partial charge in [-0.25, -0.2) is 9.78 Å². The lowest BCUT2D eigenvalue weighted by atomic mass is 10.2. The van der Waals surface area contributed by atoms with Crippen LogP contribution in [0.25, 0.3) is 11.5 Å². The number of rotatable bonds is 4. The smallest absolute Gasteiger partial charge is 0.366 e. The van der Waals surface area contributed by atoms with Gasteiger partial charge in [0.25, 0.3) is 0 Å². The Balaban J connectivity index is 1.69. The van der Waals surface area contributed by atoms with Crippen molar-refractivity contribution < 1.29 is 13.9 Å². The Morgan fingerprint density at radius 2 is 1.96 bits per heavy atom. The highest BCUT2D eigenvalue weighted by Gasteiger charge is 2.35. The van der Waals surface area contributed by atoms with Crippen LogP contribution in [0.4, 0.5) is 0 Å². The average Bonchev–Trinajstić information content (AvgIpc) is 3.32. The Morgan fingerprint density at radius 1 is 1.24 bits per heavy atom. The SMILES string of the molecule is Cc1nn(C)c(C)c1OC(=O)c1nc(-c2ccccc2)oc1C1CC1. The van der Waals surface area contributed by atoms with E-state index in [1.807, 2.05) is 51.2 Å². The van der Waals surface area contributed by atoms with Crippen molar-refractivity contribution in [2.24, 2.45) is 7.05 Å². The number of aromatic nitrogens is 3. The topological polar surface area (TPSA) is 70.2 Å². The molecule has 25 heavy (non-hydrogen) atoms. The van der Waals surface area contributed by atoms with Crippen LogP contribution in [0.3, 0.4) is 0 Å². The maximum absolute atomic E-state index is 12.7. The van der Waals surface area contributed by atoms with Gasteiger partial charge in [0.15, 0.2) is 11.4 Å². The molecule has 3 aromatic rings. The van der Waals surface area contributed by atoms with E-state index in [1.54, 1.807) is 4.68 Å². The number of hydrogen-bond acceptors (Lipinski definition) is 5. The number of hydrogen-bond donors (Lipinski definition) is 0. The van der Waals surface area contributed by atoms with Crippen LogP contribution in [0, 0.1) is 13.8 Å². The minimum atomic E-state index is -0.493. The van der Waals surface area contributed by atoms with Gasteiger partial charge in [0.05, 0.1) is 5.69 Å². The molecule has 0 saturated heterocycles. The minimum absolute atomic E-state index is 0.253. The number of aryl methyl sites for hydroxylation is 2. The number of nitrogens with zero attached hydrogens (tertiary/aromatic N) is 3. The van der Waals surface area contributed by atoms with Crippen molar-refractivity contribution >= 4 is 5.97 Å². The molecule has 1 aromatic carbocycles. The Hall–Kier alpha value is -2.89. The summed E-state index contributed by atoms with van der Waals surface area (Å²) in [5.41, 5.74) is 2.58. The van der Waals surface area contributed by atoms with E-state index in [1.165, 1.54) is 0 Å². The summed E-state index contributed by atoms with van der Waals surface area (Å²) in [4.78, 5) is 17.2. The Bertz CT molecular complexity index is 936. The number of benzene rings is 1. The van der Waals surface area contributed by atoms with Crippen LogP contribution in [-0.2, 0) is 7.05 Å². The van der Waals surface area contributed by atoms with Gasteiger partial charge in [-0.05, 0) is 38.8 Å². The first-order valence-corrected chi connectivity index (χ1v) is 8.33. The van der Waals surface area contributed by atoms with Crippen LogP contribution in [0.2, 0.25) is 0 Å². The van der Waals surface area contributed by atoms with Crippen LogP contribution in [-0.4, -0.2) is 20.7 Å². The molecule has 0 aliphatic heterocycles. The molecule has 0 atom stereocenters. The third kappa shape index (κ3) is 2.84. The van der Waals surface area contributed by atoms with Gasteiger partial charge in [0, 0.05) is 18.5 Å². The van der Waals surface area contributed by atoms with E-state index in [9.17, 15) is 4.79 Å². The van der Waals surface area contributed by atoms with Crippen molar-refractivity contribution in [1.29, 1.82) is 0 Å². The van der Waals surface area contributed by atoms with Gasteiger partial charge in [-0.3, -0.25) is 4.68 Å². The quantitative estimate of drug-likeness (QED) is 0.678. The monoisotopic (exact) mass is 337 g/mol. The molecule has 0 unspecified atom stereocenters. The number of carbonyl (C=O) groups excluding carboxylic acids is 1. The molecule has 4 rings (SSSR count). The summed E-state index contributed by atoms with van der Waals surface area (Å²) in [7, 11) is 1.82. The van der Waals surface area contributed by atoms with Crippen LogP contribution in [0.5, 0.6) is 5.75 Å². The van der Waals surface area contributed by atoms with Crippen LogP contribution >= 0.6 is 0 Å². The Kier molecular flexibility index (Phi) is 3.67. The average molecular weight is 337 g/mol. The molecule has 0 bridgehead atoms. The summed E-state index contributed by atoms with van der Waals surface area (Å²) >= 11 is 0. The summed E-state index contributed by atoms with van der Waals surface area (Å²) in [6.07, 6.45) is 2.02. The lowest BCUT2D eigenvalue weighted by molar-refractivity contribution is 0.0724. The maximum Gasteiger partial charge on any atom is 0.366 e. The van der Waals surface area contributed by atoms with Crippen molar-refractivity contribution in [2.75, 3.05) is 0 Å². The molecule has 6 heteroatoms. The summed E-state index contributed by atoms with van der Waals surface area (Å²) in [5.74, 6) is 1.33. The van der Waals surface area contributed by atoms with Gasteiger partial charge in [-0.15, -0.1) is 0 Å². The number of carbonyl (C=O) groups is 1. The molecule has 1 saturated carbocycles. The molecule has 0 N–H and O–H groups in total. The van der Waals surface area contributed by atoms with E-state index in [0.29, 0.717) is 23.1 Å². The van der Waals surface area contributed by atoms with E-state index in [0.717, 1.165) is 24.1 Å². The minimum Gasteiger partial charge on any atom is -0.440 e. The normalized spacial score (nSPS) is 13.9. The molecule has 0 spiro atoms. The number of ether oxygens (including phenoxy) is 1. The third-order valence-corrected chi connectivity index (χ3v) is 4.45. The van der Waals surface area contributed by atoms with Crippen LogP contribution in [0.15, 0.2) is 34.7 Å². The van der Waals surface area contributed by atoms with Crippen molar-refractivity contribution in [1.82, 2.24) is 14.8 Å². The molecular formula is C19H19N3O3. The molecule has 0 radical (unpaired) electrons. The molecule has 0 amide bonds. The van der Waals surface area contributed by atoms with Crippen molar-refractivity contribution in [2.45, 2.75) is 32.6 Å². The summed E-state index contributed by atoms with van der Waals surface area (Å²) in [5, 5.41) is 4.28. The number of esters is 1. The predicted octanol–water partition coefficient (Wildman–Crippen LogP) is 3.79. The van der Waals surface area contributed by atoms with Gasteiger partial charge in [-0.1, -0.05) is 18.2 Å². The Labute approximate surface area is 145 Å². The molecule has 6 nitrogen and oxygen atoms in total. The lowest BCUT2D eigenvalue weighted by Crippen LogP contribution is -2.12. The van der Waals surface area contributed by atoms with E-state index in [4.69, 9.17) is 9.15 Å². The molecule has 1 aliphatic rings. The molecular weight excluding hydrogens is 318 g/mol. The van der Waals surface area contributed by atoms with Gasteiger partial charge in [-0.2, -0.15) is 5.10 Å². The van der Waals surface area contributed by atoms with Crippen molar-refractivity contribution in [3.63, 3.8) is 0 Å². The zero-order valence-corrected chi connectivity index (χ0v) is 14.4. The second kappa shape index (κ2) is 5.88. The molecule has 1 fully saturated rings. The van der Waals surface area contributed by atoms with E-state index in [2.05, 4.69) is 10.1 Å². The zero-order chi connectivity index (χ0) is 17.6. The van der Waals surface area contributed by atoms with Gasteiger partial charge < -0.3 is 9.15 Å². The Morgan fingerprint density at radius 3 is 2.56 bits per heavy atom. The molecule has 128 valence electrons. The van der Waals surface area contributed by atoms with E-state index >= 15 is 0 Å². The second-order valence-corrected chi connectivity index (χ2v) is 6.39. The van der Waals surface area contributed by atoms with Crippen molar-refractivity contribution in [3.05, 3.63) is 53.2 Å². The first kappa shape index (κ1) is 15.6. The second-order valence-electron chi connectivity index (χ2n) is 6.39. The van der Waals surface area contributed by atoms with E-state index < -0.39 is 5.97 Å². The van der Waals surface area contributed by atoms with Gasteiger partial charge in [0.1, 0.15) is 11.5 Å². The highest BCUT2D eigenvalue weighted by atomic mass is 16.5. The van der Waals surface area contributed by atoms with Gasteiger partial charge >= 0.3 is 5.97 Å². The fourth-order valence-corrected chi connectivity index (χ4v) is 2.85. The maximum atomic E-state index is 12.7. The van der Waals surface area contributed by atoms with Crippen LogP contribution < -0.4 is 4.74 Å². The fourth-order valence-electron chi connectivity index (χ4n) is 2.85. The van der Waals surface area contributed by atoms with Crippen LogP contribution in [0.1, 0.15) is 46.4 Å². The summed E-state index contributed by atoms with van der Waals surface area (Å²) in [6.45, 7) is 3.68. The highest BCUT2D eigenvalue weighted by Crippen LogP contribution is 2.43. The third-order valence-electron chi connectivity index (χ3n) is 4.45. The first-order chi connectivity index (χ1) is 12.0. The first-order valence-electron chi connectivity index (χ1n) is 8.33. The lowest BCUT2D eigenvalue weighted by Gasteiger charge is -2.03. The van der Waals surface area contributed by atoms with E-state index in [-0.39, 0.29) is 11.6 Å². The largest absolute Gasteiger partial charge is 0.440 e. The van der Waals surface area contributed by atoms with Crippen molar-refractivity contribution in [3.8, 4) is 17.2 Å². The zero-order valence-electron chi connectivity index (χ0n) is 14.4. The molecule has 2 aromatic heterocycles. The molecule has 1 aliphatic carbocycles. The molecule has 2 heterocycles. The standard InChI is InChI=1S/C19H19N3O3/c1-11-16(12(2)22(3)21-11)25-19(23)15-17(13-9-10-13)24-18(20-15)14-7-5-4-6-8-14/h4-8,13H,9-10H2,1-3H3. The fraction of sp³-hybridized carbons (Fsp3) is 0.316. The number of oxazole rings is 1. The summed E-state index contributed by atoms with van der Waals surface area (Å²) in [6, 6.07) is 9.57. The van der Waals surface area contributed by atoms with Gasteiger partial charge in [0.2, 0.25) is 5.89 Å². The highest BCUT2D eigenvalue weighted by molar-refractivity contribution is 5.91. The summed E-state index contributed by atoms with van der Waals surface area (Å²) < 4.78 is 13.2. The predicted molar refractivity (Wildman–Crippen MR) is 91.6 cm³/mol.